The first-order chi connectivity index (χ1) is 16.9. The zero-order chi connectivity index (χ0) is 24.6. The number of aliphatic carboxylic acids is 1. The summed E-state index contributed by atoms with van der Waals surface area (Å²) < 4.78 is 5.64. The molecule has 35 heavy (non-hydrogen) atoms. The highest BCUT2D eigenvalue weighted by Crippen LogP contribution is 2.63. The molecule has 7 nitrogen and oxygen atoms in total. The molecule has 0 radical (unpaired) electrons. The van der Waals surface area contributed by atoms with Gasteiger partial charge in [0.1, 0.15) is 6.61 Å². The largest absolute Gasteiger partial charge is 0.481 e. The quantitative estimate of drug-likeness (QED) is 0.496. The summed E-state index contributed by atoms with van der Waals surface area (Å²) in [6.45, 7) is 2.23. The molecule has 3 aliphatic carbocycles. The van der Waals surface area contributed by atoms with E-state index in [-0.39, 0.29) is 42.9 Å². The lowest BCUT2D eigenvalue weighted by Crippen LogP contribution is -2.42. The maximum absolute atomic E-state index is 12.7. The first-order valence-electron chi connectivity index (χ1n) is 12.6. The topological polar surface area (TPSA) is 105 Å². The highest BCUT2D eigenvalue weighted by Gasteiger charge is 2.65. The van der Waals surface area contributed by atoms with Crippen LogP contribution >= 0.6 is 0 Å². The minimum absolute atomic E-state index is 0.0172. The smallest absolute Gasteiger partial charge is 0.407 e. The van der Waals surface area contributed by atoms with Gasteiger partial charge in [-0.05, 0) is 53.9 Å². The van der Waals surface area contributed by atoms with Crippen molar-refractivity contribution in [3.05, 3.63) is 59.7 Å². The average molecular weight is 477 g/mol. The number of fused-ring (bicyclic) bond motifs is 4. The summed E-state index contributed by atoms with van der Waals surface area (Å²) in [6, 6.07) is 15.9. The third-order valence-corrected chi connectivity index (χ3v) is 7.94. The number of carboxylic acids is 1. The Labute approximate surface area is 205 Å². The van der Waals surface area contributed by atoms with E-state index >= 15 is 0 Å². The first kappa shape index (κ1) is 23.4. The van der Waals surface area contributed by atoms with Crippen LogP contribution in [0.3, 0.4) is 0 Å². The third kappa shape index (κ3) is 4.51. The maximum Gasteiger partial charge on any atom is 0.407 e. The Bertz CT molecular complexity index is 1100. The Hall–Kier alpha value is -3.35. The summed E-state index contributed by atoms with van der Waals surface area (Å²) in [4.78, 5) is 36.8. The van der Waals surface area contributed by atoms with E-state index in [9.17, 15) is 19.5 Å². The van der Waals surface area contributed by atoms with E-state index < -0.39 is 17.5 Å². The second-order valence-corrected chi connectivity index (χ2v) is 10.2. The average Bonchev–Trinajstić information content (AvgIpc) is 3.26. The van der Waals surface area contributed by atoms with Gasteiger partial charge >= 0.3 is 12.1 Å². The summed E-state index contributed by atoms with van der Waals surface area (Å²) in [5.41, 5.74) is 4.03. The number of benzene rings is 2. The first-order valence-corrected chi connectivity index (χ1v) is 12.6. The fraction of sp³-hybridized carbons (Fsp3) is 0.464. The predicted molar refractivity (Wildman–Crippen MR) is 131 cm³/mol. The van der Waals surface area contributed by atoms with Crippen molar-refractivity contribution in [3.8, 4) is 11.1 Å². The fourth-order valence-corrected chi connectivity index (χ4v) is 6.16. The molecule has 4 atom stereocenters. The number of amides is 2. The van der Waals surface area contributed by atoms with Crippen LogP contribution in [0, 0.1) is 11.3 Å². The van der Waals surface area contributed by atoms with Crippen molar-refractivity contribution in [2.24, 2.45) is 11.3 Å². The molecule has 7 heteroatoms. The lowest BCUT2D eigenvalue weighted by atomic mass is 9.98. The molecular weight excluding hydrogens is 444 g/mol. The molecular formula is C28H32N2O5. The normalized spacial score (nSPS) is 24.6. The molecule has 0 bridgehead atoms. The highest BCUT2D eigenvalue weighted by atomic mass is 16.5. The van der Waals surface area contributed by atoms with Crippen LogP contribution in [0.1, 0.15) is 62.5 Å². The van der Waals surface area contributed by atoms with E-state index in [1.54, 1.807) is 0 Å². The van der Waals surface area contributed by atoms with Crippen LogP contribution in [0.5, 0.6) is 0 Å². The van der Waals surface area contributed by atoms with Gasteiger partial charge in [-0.25, -0.2) is 4.79 Å². The van der Waals surface area contributed by atoms with Crippen molar-refractivity contribution < 1.29 is 24.2 Å². The van der Waals surface area contributed by atoms with E-state index in [1.165, 1.54) is 11.1 Å². The Morgan fingerprint density at radius 2 is 1.71 bits per heavy atom. The molecule has 184 valence electrons. The van der Waals surface area contributed by atoms with Crippen molar-refractivity contribution >= 4 is 18.0 Å². The lowest BCUT2D eigenvalue weighted by Gasteiger charge is -2.21. The van der Waals surface area contributed by atoms with Crippen molar-refractivity contribution in [2.75, 3.05) is 6.61 Å². The number of nitrogens with one attached hydrogen (secondary N) is 2. The summed E-state index contributed by atoms with van der Waals surface area (Å²) in [5, 5.41) is 15.3. The molecule has 0 unspecified atom stereocenters. The van der Waals surface area contributed by atoms with Gasteiger partial charge in [-0.1, -0.05) is 61.9 Å². The third-order valence-electron chi connectivity index (χ3n) is 7.94. The van der Waals surface area contributed by atoms with Crippen LogP contribution in [0.15, 0.2) is 48.5 Å². The summed E-state index contributed by atoms with van der Waals surface area (Å²) in [7, 11) is 0. The van der Waals surface area contributed by atoms with E-state index in [2.05, 4.69) is 34.9 Å². The fourth-order valence-electron chi connectivity index (χ4n) is 6.16. The van der Waals surface area contributed by atoms with Crippen molar-refractivity contribution in [2.45, 2.75) is 63.5 Å². The van der Waals surface area contributed by atoms with Crippen molar-refractivity contribution in [1.82, 2.24) is 10.6 Å². The van der Waals surface area contributed by atoms with Gasteiger partial charge in [0, 0.05) is 24.4 Å². The molecule has 5 rings (SSSR count). The standard InChI is InChI=1S/C28H32N2O5/c1-2-7-18(13-25(31)29-19-12-17-14-28(17,15-19)26(32)33)30-27(34)35-16-24-22-10-5-3-8-20(22)21-9-4-6-11-23(21)24/h3-6,8-11,17-19,24H,2,7,12-16H2,1H3,(H,29,31)(H,30,34)(H,32,33)/t17-,18-,19+,28+/m0/s1. The van der Waals surface area contributed by atoms with Gasteiger partial charge in [-0.15, -0.1) is 0 Å². The number of carbonyl (C=O) groups is 3. The van der Waals surface area contributed by atoms with Crippen LogP contribution < -0.4 is 10.6 Å². The molecule has 2 aromatic carbocycles. The van der Waals surface area contributed by atoms with Crippen LogP contribution in [-0.2, 0) is 14.3 Å². The van der Waals surface area contributed by atoms with Gasteiger partial charge in [-0.3, -0.25) is 9.59 Å². The minimum atomic E-state index is -0.750. The Morgan fingerprint density at radius 1 is 1.06 bits per heavy atom. The minimum Gasteiger partial charge on any atom is -0.481 e. The molecule has 2 saturated carbocycles. The van der Waals surface area contributed by atoms with Crippen LogP contribution in [0.25, 0.3) is 11.1 Å². The number of alkyl carbamates (subject to hydrolysis) is 1. The van der Waals surface area contributed by atoms with Crippen LogP contribution in [0.2, 0.25) is 0 Å². The SMILES string of the molecule is CCC[C@@H](CC(=O)N[C@@H]1C[C@H]2C[C@@]2(C(=O)O)C1)NC(=O)OCC1c2ccccc2-c2ccccc21. The monoisotopic (exact) mass is 476 g/mol. The Morgan fingerprint density at radius 3 is 2.31 bits per heavy atom. The highest BCUT2D eigenvalue weighted by molar-refractivity contribution is 5.81. The molecule has 2 aromatic rings. The second kappa shape index (κ2) is 9.36. The molecule has 3 aliphatic rings. The number of rotatable bonds is 9. The van der Waals surface area contributed by atoms with E-state index in [1.807, 2.05) is 31.2 Å². The van der Waals surface area contributed by atoms with E-state index in [0.717, 1.165) is 30.4 Å². The summed E-state index contributed by atoms with van der Waals surface area (Å²) >= 11 is 0. The molecule has 0 heterocycles. The van der Waals surface area contributed by atoms with Gasteiger partial charge in [0.05, 0.1) is 5.41 Å². The molecule has 2 amide bonds. The van der Waals surface area contributed by atoms with Gasteiger partial charge in [0.25, 0.3) is 0 Å². The van der Waals surface area contributed by atoms with E-state index in [4.69, 9.17) is 4.74 Å². The number of ether oxygens (including phenoxy) is 1. The molecule has 0 spiro atoms. The maximum atomic E-state index is 12.7. The number of hydrogen-bond donors (Lipinski definition) is 3. The molecule has 0 aliphatic heterocycles. The molecule has 0 aromatic heterocycles. The zero-order valence-corrected chi connectivity index (χ0v) is 20.0. The molecule has 2 fully saturated rings. The zero-order valence-electron chi connectivity index (χ0n) is 20.0. The number of hydrogen-bond acceptors (Lipinski definition) is 4. The molecule has 0 saturated heterocycles. The van der Waals surface area contributed by atoms with Gasteiger partial charge in [0.15, 0.2) is 0 Å². The van der Waals surface area contributed by atoms with Crippen molar-refractivity contribution in [3.63, 3.8) is 0 Å². The molecule has 3 N–H and O–H groups in total. The lowest BCUT2D eigenvalue weighted by molar-refractivity contribution is -0.143. The number of carbonyl (C=O) groups excluding carboxylic acids is 2. The predicted octanol–water partition coefficient (Wildman–Crippen LogP) is 4.45. The summed E-state index contributed by atoms with van der Waals surface area (Å²) in [6.07, 6.45) is 3.03. The second-order valence-electron chi connectivity index (χ2n) is 10.2. The van der Waals surface area contributed by atoms with Crippen LogP contribution in [-0.4, -0.2) is 41.8 Å². The van der Waals surface area contributed by atoms with Gasteiger partial charge < -0.3 is 20.5 Å². The number of carboxylic acid groups (broad SMARTS) is 1. The summed E-state index contributed by atoms with van der Waals surface area (Å²) in [5.74, 6) is -0.749. The Kier molecular flexibility index (Phi) is 6.26. The van der Waals surface area contributed by atoms with E-state index in [0.29, 0.717) is 12.8 Å². The van der Waals surface area contributed by atoms with Gasteiger partial charge in [-0.2, -0.15) is 0 Å². The van der Waals surface area contributed by atoms with Crippen molar-refractivity contribution in [1.29, 1.82) is 0 Å². The van der Waals surface area contributed by atoms with Gasteiger partial charge in [0.2, 0.25) is 5.91 Å². The Balaban J connectivity index is 1.14. The van der Waals surface area contributed by atoms with Crippen LogP contribution in [0.4, 0.5) is 4.79 Å².